The molecule has 1 aliphatic heterocycles. The Morgan fingerprint density at radius 3 is 2.75 bits per heavy atom. The Morgan fingerprint density at radius 2 is 1.90 bits per heavy atom. The summed E-state index contributed by atoms with van der Waals surface area (Å²) >= 11 is 5.99. The van der Waals surface area contributed by atoms with E-state index >= 15 is 0 Å². The fraction of sp³-hybridized carbons (Fsp3) is 0.0714. The Morgan fingerprint density at radius 1 is 1.10 bits per heavy atom. The third-order valence-electron chi connectivity index (χ3n) is 3.30. The Labute approximate surface area is 116 Å². The third kappa shape index (κ3) is 1.35. The van der Waals surface area contributed by atoms with Crippen molar-refractivity contribution in [3.05, 3.63) is 39.7 Å². The maximum absolute atomic E-state index is 12.1. The number of ether oxygens (including phenoxy) is 2. The van der Waals surface area contributed by atoms with E-state index in [9.17, 15) is 9.90 Å². The molecule has 0 atom stereocenters. The zero-order chi connectivity index (χ0) is 13.9. The maximum atomic E-state index is 12.1. The maximum Gasteiger partial charge on any atom is 0.344 e. The van der Waals surface area contributed by atoms with Gasteiger partial charge in [-0.2, -0.15) is 0 Å². The second-order valence-corrected chi connectivity index (χ2v) is 4.76. The first kappa shape index (κ1) is 11.4. The number of hydrogen-bond donors (Lipinski definition) is 1. The molecule has 0 saturated carbocycles. The highest BCUT2D eigenvalue weighted by Crippen LogP contribution is 2.43. The second-order valence-electron chi connectivity index (χ2n) is 4.39. The summed E-state index contributed by atoms with van der Waals surface area (Å²) in [6.07, 6.45) is 0. The molecule has 2 heterocycles. The predicted molar refractivity (Wildman–Crippen MR) is 72.8 cm³/mol. The molecule has 20 heavy (non-hydrogen) atoms. The first-order chi connectivity index (χ1) is 9.66. The van der Waals surface area contributed by atoms with Crippen LogP contribution >= 0.6 is 11.6 Å². The van der Waals surface area contributed by atoms with Gasteiger partial charge in [0.05, 0.1) is 5.39 Å². The van der Waals surface area contributed by atoms with Crippen LogP contribution in [0.25, 0.3) is 21.7 Å². The fourth-order valence-electron chi connectivity index (χ4n) is 2.40. The third-order valence-corrected chi connectivity index (χ3v) is 3.67. The lowest BCUT2D eigenvalue weighted by molar-refractivity contribution is 0.175. The SMILES string of the molecule is O=c1oc2c(Cl)c(O)ccc2c2c3c(ccc12)OCO3. The van der Waals surface area contributed by atoms with Crippen molar-refractivity contribution >= 4 is 33.3 Å². The van der Waals surface area contributed by atoms with E-state index < -0.39 is 5.63 Å². The van der Waals surface area contributed by atoms with Crippen LogP contribution in [0, 0.1) is 0 Å². The highest BCUT2D eigenvalue weighted by molar-refractivity contribution is 6.37. The van der Waals surface area contributed by atoms with Crippen molar-refractivity contribution in [2.45, 2.75) is 0 Å². The molecule has 4 rings (SSSR count). The minimum Gasteiger partial charge on any atom is -0.506 e. The summed E-state index contributed by atoms with van der Waals surface area (Å²) in [6.45, 7) is 0.0992. The minimum atomic E-state index is -0.543. The van der Waals surface area contributed by atoms with Gasteiger partial charge in [-0.3, -0.25) is 0 Å². The lowest BCUT2D eigenvalue weighted by Gasteiger charge is -2.07. The van der Waals surface area contributed by atoms with Gasteiger partial charge in [0.2, 0.25) is 6.79 Å². The van der Waals surface area contributed by atoms with Crippen LogP contribution < -0.4 is 15.1 Å². The molecular weight excluding hydrogens is 284 g/mol. The summed E-state index contributed by atoms with van der Waals surface area (Å²) in [4.78, 5) is 12.1. The van der Waals surface area contributed by atoms with Crippen molar-refractivity contribution in [3.63, 3.8) is 0 Å². The molecule has 100 valence electrons. The summed E-state index contributed by atoms with van der Waals surface area (Å²) in [7, 11) is 0. The molecular formula is C14H7ClO5. The van der Waals surface area contributed by atoms with Gasteiger partial charge in [-0.25, -0.2) is 4.79 Å². The van der Waals surface area contributed by atoms with Crippen LogP contribution in [-0.2, 0) is 0 Å². The molecule has 1 aromatic heterocycles. The van der Waals surface area contributed by atoms with E-state index in [1.54, 1.807) is 18.2 Å². The lowest BCUT2D eigenvalue weighted by atomic mass is 10.1. The second kappa shape index (κ2) is 3.80. The molecule has 0 bridgehead atoms. The van der Waals surface area contributed by atoms with Crippen LogP contribution in [0.4, 0.5) is 0 Å². The molecule has 1 aliphatic rings. The quantitative estimate of drug-likeness (QED) is 0.509. The molecule has 1 N–H and O–H groups in total. The molecule has 0 unspecified atom stereocenters. The van der Waals surface area contributed by atoms with Crippen molar-refractivity contribution in [3.8, 4) is 17.2 Å². The number of fused-ring (bicyclic) bond motifs is 5. The predicted octanol–water partition coefficient (Wildman–Crippen LogP) is 3.03. The van der Waals surface area contributed by atoms with Crippen LogP contribution in [0.15, 0.2) is 33.5 Å². The van der Waals surface area contributed by atoms with E-state index in [1.807, 2.05) is 0 Å². The van der Waals surface area contributed by atoms with Crippen LogP contribution in [0.5, 0.6) is 17.2 Å². The van der Waals surface area contributed by atoms with E-state index in [-0.39, 0.29) is 23.1 Å². The highest BCUT2D eigenvalue weighted by Gasteiger charge is 2.22. The largest absolute Gasteiger partial charge is 0.506 e. The molecule has 0 radical (unpaired) electrons. The van der Waals surface area contributed by atoms with Gasteiger partial charge in [0.25, 0.3) is 0 Å². The monoisotopic (exact) mass is 290 g/mol. The number of phenolic OH excluding ortho intramolecular Hbond substituents is 1. The normalized spacial score (nSPS) is 13.2. The summed E-state index contributed by atoms with van der Waals surface area (Å²) in [5.41, 5.74) is -0.411. The Hall–Kier alpha value is -2.40. The Kier molecular flexibility index (Phi) is 2.17. The Bertz CT molecular complexity index is 928. The smallest absolute Gasteiger partial charge is 0.344 e. The van der Waals surface area contributed by atoms with Crippen molar-refractivity contribution in [1.82, 2.24) is 0 Å². The molecule has 0 spiro atoms. The van der Waals surface area contributed by atoms with E-state index in [0.717, 1.165) is 0 Å². The zero-order valence-corrected chi connectivity index (χ0v) is 10.7. The number of halogens is 1. The van der Waals surface area contributed by atoms with Crippen LogP contribution in [0.2, 0.25) is 5.02 Å². The fourth-order valence-corrected chi connectivity index (χ4v) is 2.60. The molecule has 5 nitrogen and oxygen atoms in total. The first-order valence-corrected chi connectivity index (χ1v) is 6.21. The van der Waals surface area contributed by atoms with Crippen LogP contribution in [0.3, 0.4) is 0 Å². The van der Waals surface area contributed by atoms with E-state index in [2.05, 4.69) is 0 Å². The molecule has 6 heteroatoms. The van der Waals surface area contributed by atoms with Gasteiger partial charge >= 0.3 is 5.63 Å². The average Bonchev–Trinajstić information content (AvgIpc) is 2.92. The molecule has 3 aromatic rings. The average molecular weight is 291 g/mol. The highest BCUT2D eigenvalue weighted by atomic mass is 35.5. The van der Waals surface area contributed by atoms with Gasteiger partial charge in [0.15, 0.2) is 17.1 Å². The van der Waals surface area contributed by atoms with Gasteiger partial charge in [-0.1, -0.05) is 11.6 Å². The lowest BCUT2D eigenvalue weighted by Crippen LogP contribution is -2.00. The molecule has 0 aliphatic carbocycles. The Balaban J connectivity index is 2.32. The summed E-state index contributed by atoms with van der Waals surface area (Å²) in [6, 6.07) is 6.35. The number of benzene rings is 2. The van der Waals surface area contributed by atoms with Gasteiger partial charge < -0.3 is 19.0 Å². The molecule has 2 aromatic carbocycles. The zero-order valence-electron chi connectivity index (χ0n) is 9.97. The van der Waals surface area contributed by atoms with Crippen molar-refractivity contribution in [2.24, 2.45) is 0 Å². The van der Waals surface area contributed by atoms with E-state index in [1.165, 1.54) is 6.07 Å². The minimum absolute atomic E-state index is 0.00183. The molecule has 0 saturated heterocycles. The number of aromatic hydroxyl groups is 1. The summed E-state index contributed by atoms with van der Waals surface area (Å²) < 4.78 is 16.0. The standard InChI is InChI=1S/C14H7ClO5/c15-11-8(16)3-1-6-10-7(14(17)20-12(6)11)2-4-9-13(10)19-5-18-9/h1-4,16H,5H2. The van der Waals surface area contributed by atoms with Crippen LogP contribution in [0.1, 0.15) is 0 Å². The van der Waals surface area contributed by atoms with Crippen LogP contribution in [-0.4, -0.2) is 11.9 Å². The topological polar surface area (TPSA) is 68.9 Å². The number of hydrogen-bond acceptors (Lipinski definition) is 5. The van der Waals surface area contributed by atoms with Gasteiger partial charge in [-0.15, -0.1) is 0 Å². The number of phenols is 1. The molecule has 0 fully saturated rings. The van der Waals surface area contributed by atoms with Gasteiger partial charge in [-0.05, 0) is 24.3 Å². The van der Waals surface area contributed by atoms with Crippen molar-refractivity contribution in [2.75, 3.05) is 6.79 Å². The van der Waals surface area contributed by atoms with Gasteiger partial charge in [0.1, 0.15) is 10.8 Å². The van der Waals surface area contributed by atoms with E-state index in [4.69, 9.17) is 25.5 Å². The first-order valence-electron chi connectivity index (χ1n) is 5.83. The number of rotatable bonds is 0. The van der Waals surface area contributed by atoms with Crippen molar-refractivity contribution < 1.29 is 19.0 Å². The van der Waals surface area contributed by atoms with Crippen molar-refractivity contribution in [1.29, 1.82) is 0 Å². The summed E-state index contributed by atoms with van der Waals surface area (Å²) in [5, 5.41) is 11.2. The summed E-state index contributed by atoms with van der Waals surface area (Å²) in [5.74, 6) is 0.905. The van der Waals surface area contributed by atoms with Gasteiger partial charge in [0, 0.05) is 10.8 Å². The van der Waals surface area contributed by atoms with E-state index in [0.29, 0.717) is 27.7 Å². The molecule has 0 amide bonds.